The maximum atomic E-state index is 13.9. The molecule has 11 nitrogen and oxygen atoms in total. The van der Waals surface area contributed by atoms with Crippen molar-refractivity contribution in [3.8, 4) is 0 Å². The van der Waals surface area contributed by atoms with Crippen molar-refractivity contribution in [2.24, 2.45) is 0 Å². The fourth-order valence-electron chi connectivity index (χ4n) is 6.96. The van der Waals surface area contributed by atoms with Gasteiger partial charge in [0.25, 0.3) is 5.91 Å². The summed E-state index contributed by atoms with van der Waals surface area (Å²) in [6.07, 6.45) is 2.18. The highest BCUT2D eigenvalue weighted by atomic mass is 35.5. The first-order valence-corrected chi connectivity index (χ1v) is 16.1. The third-order valence-electron chi connectivity index (χ3n) is 9.50. The van der Waals surface area contributed by atoms with Gasteiger partial charge in [0.1, 0.15) is 0 Å². The summed E-state index contributed by atoms with van der Waals surface area (Å²) in [6.45, 7) is 7.61. The standard InChI is InChI=1S/C32H42ClN7O4/c1-21-18-22(19-25(33)29(21)34)20-28(30(41)38-16-14-37(15-17-38)23-6-10-35-11-7-23)44-32(43)39-12-8-24(9-13-39)40-27-5-3-2-4-26(27)36-31(40)42/h2-5,18-19,23-24,28,35H,6-17,20,34H2,1H3,(H,36,42)/t28-/m1/s1. The van der Waals surface area contributed by atoms with Crippen molar-refractivity contribution in [2.45, 2.75) is 57.2 Å². The van der Waals surface area contributed by atoms with Crippen LogP contribution in [0.2, 0.25) is 5.02 Å². The van der Waals surface area contributed by atoms with Gasteiger partial charge >= 0.3 is 11.8 Å². The molecular formula is C32H42ClN7O4. The molecule has 12 heteroatoms. The van der Waals surface area contributed by atoms with E-state index >= 15 is 0 Å². The number of hydrogen-bond donors (Lipinski definition) is 3. The molecule has 0 bridgehead atoms. The number of nitrogens with two attached hydrogens (primary N) is 1. The van der Waals surface area contributed by atoms with E-state index in [1.807, 2.05) is 42.2 Å². The van der Waals surface area contributed by atoms with Crippen molar-refractivity contribution in [2.75, 3.05) is 58.1 Å². The number of piperidine rings is 2. The largest absolute Gasteiger partial charge is 0.436 e. The number of piperazine rings is 1. The van der Waals surface area contributed by atoms with Crippen LogP contribution < -0.4 is 16.7 Å². The summed E-state index contributed by atoms with van der Waals surface area (Å²) in [5, 5.41) is 3.84. The van der Waals surface area contributed by atoms with E-state index in [0.29, 0.717) is 55.8 Å². The molecule has 3 aliphatic heterocycles. The van der Waals surface area contributed by atoms with Gasteiger partial charge in [0.15, 0.2) is 6.10 Å². The molecule has 0 aliphatic carbocycles. The number of nitrogen functional groups attached to an aromatic ring is 1. The predicted octanol–water partition coefficient (Wildman–Crippen LogP) is 3.15. The summed E-state index contributed by atoms with van der Waals surface area (Å²) < 4.78 is 7.80. The summed E-state index contributed by atoms with van der Waals surface area (Å²) in [4.78, 5) is 49.0. The number of fused-ring (bicyclic) bond motifs is 1. The second kappa shape index (κ2) is 13.2. The molecule has 0 unspecified atom stereocenters. The summed E-state index contributed by atoms with van der Waals surface area (Å²) in [5.74, 6) is -0.186. The molecule has 3 aromatic rings. The van der Waals surface area contributed by atoms with Crippen molar-refractivity contribution < 1.29 is 14.3 Å². The fourth-order valence-corrected chi connectivity index (χ4v) is 7.25. The number of amides is 2. The molecule has 236 valence electrons. The smallest absolute Gasteiger partial charge is 0.410 e. The number of aryl methyl sites for hydroxylation is 1. The maximum absolute atomic E-state index is 13.9. The van der Waals surface area contributed by atoms with Crippen molar-refractivity contribution >= 4 is 40.3 Å². The molecule has 4 heterocycles. The average Bonchev–Trinajstić information content (AvgIpc) is 3.39. The molecule has 0 saturated carbocycles. The number of benzene rings is 2. The molecule has 0 radical (unpaired) electrons. The van der Waals surface area contributed by atoms with Gasteiger partial charge in [-0.2, -0.15) is 0 Å². The Morgan fingerprint density at radius 3 is 2.39 bits per heavy atom. The maximum Gasteiger partial charge on any atom is 0.410 e. The third kappa shape index (κ3) is 6.45. The molecular weight excluding hydrogens is 582 g/mol. The summed E-state index contributed by atoms with van der Waals surface area (Å²) in [7, 11) is 0. The van der Waals surface area contributed by atoms with Crippen LogP contribution in [0.5, 0.6) is 0 Å². The lowest BCUT2D eigenvalue weighted by atomic mass is 10.0. The van der Waals surface area contributed by atoms with Crippen LogP contribution >= 0.6 is 11.6 Å². The van der Waals surface area contributed by atoms with Crippen LogP contribution in [0.1, 0.15) is 42.9 Å². The predicted molar refractivity (Wildman–Crippen MR) is 171 cm³/mol. The zero-order chi connectivity index (χ0) is 30.8. The van der Waals surface area contributed by atoms with E-state index in [4.69, 9.17) is 22.1 Å². The van der Waals surface area contributed by atoms with E-state index < -0.39 is 12.2 Å². The van der Waals surface area contributed by atoms with E-state index in [9.17, 15) is 14.4 Å². The number of aromatic amines is 1. The van der Waals surface area contributed by atoms with Gasteiger partial charge in [-0.05, 0) is 75.0 Å². The lowest BCUT2D eigenvalue weighted by Gasteiger charge is -2.41. The molecule has 2 aromatic carbocycles. The zero-order valence-electron chi connectivity index (χ0n) is 25.3. The van der Waals surface area contributed by atoms with Crippen molar-refractivity contribution in [3.05, 3.63) is 63.0 Å². The van der Waals surface area contributed by atoms with Gasteiger partial charge in [0.2, 0.25) is 0 Å². The van der Waals surface area contributed by atoms with E-state index in [-0.39, 0.29) is 24.1 Å². The monoisotopic (exact) mass is 623 g/mol. The molecule has 6 rings (SSSR count). The fraction of sp³-hybridized carbons (Fsp3) is 0.531. The normalized spacial score (nSPS) is 19.8. The van der Waals surface area contributed by atoms with Crippen molar-refractivity contribution in [3.63, 3.8) is 0 Å². The Kier molecular flexibility index (Phi) is 9.16. The minimum Gasteiger partial charge on any atom is -0.436 e. The number of aromatic nitrogens is 2. The number of ether oxygens (including phenoxy) is 1. The minimum atomic E-state index is -0.985. The molecule has 1 aromatic heterocycles. The van der Waals surface area contributed by atoms with Crippen LogP contribution in [0.15, 0.2) is 41.2 Å². The highest BCUT2D eigenvalue weighted by molar-refractivity contribution is 6.33. The number of carbonyl (C=O) groups excluding carboxylic acids is 2. The highest BCUT2D eigenvalue weighted by Crippen LogP contribution is 2.28. The number of hydrogen-bond acceptors (Lipinski definition) is 7. The van der Waals surface area contributed by atoms with Crippen LogP contribution in [0.4, 0.5) is 10.5 Å². The van der Waals surface area contributed by atoms with E-state index in [2.05, 4.69) is 15.2 Å². The number of carbonyl (C=O) groups is 2. The SMILES string of the molecule is Cc1cc(C[C@@H](OC(=O)N2CCC(n3c(=O)[nH]c4ccccc43)CC2)C(=O)N2CCN(C3CCNCC3)CC2)cc(Cl)c1N. The van der Waals surface area contributed by atoms with Gasteiger partial charge in [-0.1, -0.05) is 29.8 Å². The van der Waals surface area contributed by atoms with Crippen LogP contribution in [-0.2, 0) is 16.0 Å². The van der Waals surface area contributed by atoms with Gasteiger partial charge in [0.05, 0.1) is 21.7 Å². The number of likely N-dealkylation sites (tertiary alicyclic amines) is 1. The Balaban J connectivity index is 1.13. The van der Waals surface area contributed by atoms with E-state index in [0.717, 1.165) is 61.2 Å². The van der Waals surface area contributed by atoms with Gasteiger partial charge in [-0.25, -0.2) is 9.59 Å². The minimum absolute atomic E-state index is 0.0312. The quantitative estimate of drug-likeness (QED) is 0.360. The van der Waals surface area contributed by atoms with E-state index in [1.54, 1.807) is 15.5 Å². The van der Waals surface area contributed by atoms with Gasteiger partial charge in [0, 0.05) is 57.8 Å². The van der Waals surface area contributed by atoms with Gasteiger partial charge < -0.3 is 30.6 Å². The molecule has 3 saturated heterocycles. The third-order valence-corrected chi connectivity index (χ3v) is 9.81. The number of para-hydroxylation sites is 2. The second-order valence-electron chi connectivity index (χ2n) is 12.3. The molecule has 3 fully saturated rings. The first-order chi connectivity index (χ1) is 21.3. The number of halogens is 1. The van der Waals surface area contributed by atoms with E-state index in [1.165, 1.54) is 0 Å². The number of H-pyrrole nitrogens is 1. The average molecular weight is 624 g/mol. The van der Waals surface area contributed by atoms with Gasteiger partial charge in [-0.3, -0.25) is 14.3 Å². The highest BCUT2D eigenvalue weighted by Gasteiger charge is 2.35. The Morgan fingerprint density at radius 1 is 0.977 bits per heavy atom. The molecule has 1 atom stereocenters. The van der Waals surface area contributed by atoms with Crippen LogP contribution in [-0.4, -0.2) is 101 Å². The number of nitrogens with zero attached hydrogens (tertiary/aromatic N) is 4. The molecule has 0 spiro atoms. The summed E-state index contributed by atoms with van der Waals surface area (Å²) >= 11 is 6.38. The Hall–Kier alpha value is -3.54. The number of imidazole rings is 1. The van der Waals surface area contributed by atoms with Crippen molar-refractivity contribution in [1.82, 2.24) is 29.6 Å². The zero-order valence-corrected chi connectivity index (χ0v) is 26.0. The van der Waals surface area contributed by atoms with Crippen LogP contribution in [0.25, 0.3) is 11.0 Å². The number of nitrogens with one attached hydrogen (secondary N) is 2. The lowest BCUT2D eigenvalue weighted by molar-refractivity contribution is -0.143. The van der Waals surface area contributed by atoms with Crippen LogP contribution in [0, 0.1) is 6.92 Å². The summed E-state index contributed by atoms with van der Waals surface area (Å²) in [6, 6.07) is 11.8. The van der Waals surface area contributed by atoms with Gasteiger partial charge in [-0.15, -0.1) is 0 Å². The first-order valence-electron chi connectivity index (χ1n) is 15.7. The molecule has 3 aliphatic rings. The number of anilines is 1. The van der Waals surface area contributed by atoms with Crippen LogP contribution in [0.3, 0.4) is 0 Å². The Labute approximate surface area is 262 Å². The van der Waals surface area contributed by atoms with Crippen molar-refractivity contribution in [1.29, 1.82) is 0 Å². The lowest BCUT2D eigenvalue weighted by Crippen LogP contribution is -2.56. The molecule has 4 N–H and O–H groups in total. The Morgan fingerprint density at radius 2 is 1.68 bits per heavy atom. The molecule has 2 amide bonds. The number of rotatable bonds is 6. The summed E-state index contributed by atoms with van der Waals surface area (Å²) in [5.41, 5.74) is 9.69. The Bertz CT molecular complexity index is 1530. The molecule has 44 heavy (non-hydrogen) atoms. The topological polar surface area (TPSA) is 129 Å². The second-order valence-corrected chi connectivity index (χ2v) is 12.7. The first kappa shape index (κ1) is 30.5.